The second kappa shape index (κ2) is 6.47. The van der Waals surface area contributed by atoms with Crippen molar-refractivity contribution in [3.63, 3.8) is 0 Å². The molecule has 1 aliphatic heterocycles. The van der Waals surface area contributed by atoms with Gasteiger partial charge in [0.25, 0.3) is 0 Å². The summed E-state index contributed by atoms with van der Waals surface area (Å²) >= 11 is 1.56. The molecule has 1 saturated heterocycles. The summed E-state index contributed by atoms with van der Waals surface area (Å²) in [5.41, 5.74) is 0.753. The van der Waals surface area contributed by atoms with Gasteiger partial charge in [0.15, 0.2) is 0 Å². The highest BCUT2D eigenvalue weighted by Gasteiger charge is 2.23. The molecule has 0 spiro atoms. The zero-order valence-electron chi connectivity index (χ0n) is 10.7. The maximum atomic E-state index is 11.9. The third kappa shape index (κ3) is 3.64. The van der Waals surface area contributed by atoms with Crippen molar-refractivity contribution in [2.75, 3.05) is 18.1 Å². The van der Waals surface area contributed by atoms with E-state index in [0.29, 0.717) is 13.0 Å². The molecule has 0 radical (unpaired) electrons. The predicted molar refractivity (Wildman–Crippen MR) is 76.4 cm³/mol. The number of hydrogen-bond acceptors (Lipinski definition) is 3. The third-order valence-corrected chi connectivity index (χ3v) is 3.74. The van der Waals surface area contributed by atoms with Crippen molar-refractivity contribution < 1.29 is 9.59 Å². The SMILES string of the molecule is CSc1ccccc1NC(=O)N[C@@H]1CCCNC1=O. The average Bonchev–Trinajstić information content (AvgIpc) is 2.42. The Bertz CT molecular complexity index is 479. The number of anilines is 1. The van der Waals surface area contributed by atoms with Crippen molar-refractivity contribution in [2.45, 2.75) is 23.8 Å². The van der Waals surface area contributed by atoms with Gasteiger partial charge in [-0.1, -0.05) is 12.1 Å². The molecular formula is C13H17N3O2S. The average molecular weight is 279 g/mol. The van der Waals surface area contributed by atoms with Crippen molar-refractivity contribution >= 4 is 29.4 Å². The minimum atomic E-state index is -0.435. The highest BCUT2D eigenvalue weighted by atomic mass is 32.2. The van der Waals surface area contributed by atoms with E-state index in [1.54, 1.807) is 11.8 Å². The summed E-state index contributed by atoms with van der Waals surface area (Å²) in [5.74, 6) is -0.112. The minimum Gasteiger partial charge on any atom is -0.354 e. The van der Waals surface area contributed by atoms with Crippen LogP contribution in [0.25, 0.3) is 0 Å². The highest BCUT2D eigenvalue weighted by molar-refractivity contribution is 7.98. The molecule has 0 bridgehead atoms. The lowest BCUT2D eigenvalue weighted by atomic mass is 10.1. The Kier molecular flexibility index (Phi) is 4.68. The van der Waals surface area contributed by atoms with Gasteiger partial charge in [0.05, 0.1) is 5.69 Å². The topological polar surface area (TPSA) is 70.2 Å². The van der Waals surface area contributed by atoms with Crippen LogP contribution in [0.5, 0.6) is 0 Å². The van der Waals surface area contributed by atoms with Gasteiger partial charge in [0, 0.05) is 11.4 Å². The molecule has 0 unspecified atom stereocenters. The van der Waals surface area contributed by atoms with Gasteiger partial charge < -0.3 is 16.0 Å². The smallest absolute Gasteiger partial charge is 0.319 e. The number of hydrogen-bond donors (Lipinski definition) is 3. The van der Waals surface area contributed by atoms with Crippen LogP contribution in [0.3, 0.4) is 0 Å². The zero-order chi connectivity index (χ0) is 13.7. The van der Waals surface area contributed by atoms with Crippen molar-refractivity contribution in [1.82, 2.24) is 10.6 Å². The predicted octanol–water partition coefficient (Wildman–Crippen LogP) is 1.81. The van der Waals surface area contributed by atoms with E-state index in [2.05, 4.69) is 16.0 Å². The van der Waals surface area contributed by atoms with Gasteiger partial charge in [-0.2, -0.15) is 0 Å². The van der Waals surface area contributed by atoms with E-state index in [4.69, 9.17) is 0 Å². The largest absolute Gasteiger partial charge is 0.354 e. The molecule has 1 aromatic carbocycles. The van der Waals surface area contributed by atoms with E-state index in [1.165, 1.54) is 0 Å². The van der Waals surface area contributed by atoms with Crippen LogP contribution in [0.15, 0.2) is 29.2 Å². The van der Waals surface area contributed by atoms with E-state index < -0.39 is 6.04 Å². The molecule has 0 saturated carbocycles. The van der Waals surface area contributed by atoms with Crippen molar-refractivity contribution in [1.29, 1.82) is 0 Å². The molecule has 2 rings (SSSR count). The molecule has 3 amide bonds. The number of rotatable bonds is 3. The summed E-state index contributed by atoms with van der Waals surface area (Å²) in [4.78, 5) is 24.4. The number of thioether (sulfide) groups is 1. The molecule has 0 aliphatic carbocycles. The highest BCUT2D eigenvalue weighted by Crippen LogP contribution is 2.24. The number of urea groups is 1. The van der Waals surface area contributed by atoms with E-state index >= 15 is 0 Å². The summed E-state index contributed by atoms with van der Waals surface area (Å²) < 4.78 is 0. The molecule has 5 nitrogen and oxygen atoms in total. The molecule has 6 heteroatoms. The fourth-order valence-electron chi connectivity index (χ4n) is 1.97. The molecule has 1 fully saturated rings. The van der Waals surface area contributed by atoms with Gasteiger partial charge in [-0.25, -0.2) is 4.79 Å². The standard InChI is InChI=1S/C13H17N3O2S/c1-19-11-7-3-2-5-9(11)15-13(18)16-10-6-4-8-14-12(10)17/h2-3,5,7,10H,4,6,8H2,1H3,(H,14,17)(H2,15,16,18)/t10-/m1/s1. The lowest BCUT2D eigenvalue weighted by molar-refractivity contribution is -0.124. The number of para-hydroxylation sites is 1. The van der Waals surface area contributed by atoms with Crippen LogP contribution in [-0.4, -0.2) is 30.8 Å². The monoisotopic (exact) mass is 279 g/mol. The maximum absolute atomic E-state index is 11.9. The van der Waals surface area contributed by atoms with Crippen LogP contribution in [0.2, 0.25) is 0 Å². The van der Waals surface area contributed by atoms with Gasteiger partial charge in [-0.3, -0.25) is 4.79 Å². The van der Waals surface area contributed by atoms with E-state index in [1.807, 2.05) is 30.5 Å². The quantitative estimate of drug-likeness (QED) is 0.739. The lowest BCUT2D eigenvalue weighted by Gasteiger charge is -2.23. The third-order valence-electron chi connectivity index (χ3n) is 2.95. The number of carbonyl (C=O) groups excluding carboxylic acids is 2. The fourth-order valence-corrected chi connectivity index (χ4v) is 2.53. The van der Waals surface area contributed by atoms with Crippen LogP contribution in [0.4, 0.5) is 10.5 Å². The van der Waals surface area contributed by atoms with Crippen molar-refractivity contribution in [3.05, 3.63) is 24.3 Å². The summed E-state index contributed by atoms with van der Waals surface area (Å²) in [6.07, 6.45) is 3.52. The van der Waals surface area contributed by atoms with Crippen LogP contribution >= 0.6 is 11.8 Å². The van der Waals surface area contributed by atoms with Crippen molar-refractivity contribution in [2.24, 2.45) is 0 Å². The molecule has 1 atom stereocenters. The molecule has 102 valence electrons. The second-order valence-electron chi connectivity index (χ2n) is 4.28. The Balaban J connectivity index is 1.95. The first-order valence-electron chi connectivity index (χ1n) is 6.19. The van der Waals surface area contributed by atoms with Gasteiger partial charge in [0.1, 0.15) is 6.04 Å². The lowest BCUT2D eigenvalue weighted by Crippen LogP contribution is -2.51. The molecule has 0 aromatic heterocycles. The van der Waals surface area contributed by atoms with Crippen LogP contribution < -0.4 is 16.0 Å². The number of amides is 3. The van der Waals surface area contributed by atoms with Crippen LogP contribution in [0, 0.1) is 0 Å². The number of carbonyl (C=O) groups is 2. The van der Waals surface area contributed by atoms with Crippen molar-refractivity contribution in [3.8, 4) is 0 Å². The van der Waals surface area contributed by atoms with E-state index in [-0.39, 0.29) is 11.9 Å². The van der Waals surface area contributed by atoms with E-state index in [0.717, 1.165) is 17.0 Å². The van der Waals surface area contributed by atoms with Crippen LogP contribution in [0.1, 0.15) is 12.8 Å². The normalized spacial score (nSPS) is 18.6. The Morgan fingerprint density at radius 3 is 2.95 bits per heavy atom. The minimum absolute atomic E-state index is 0.112. The molecule has 1 aliphatic rings. The Morgan fingerprint density at radius 1 is 1.42 bits per heavy atom. The maximum Gasteiger partial charge on any atom is 0.319 e. The number of piperidine rings is 1. The Labute approximate surface area is 116 Å². The number of benzene rings is 1. The molecule has 1 aromatic rings. The summed E-state index contributed by atoms with van der Waals surface area (Å²) in [6.45, 7) is 0.688. The van der Waals surface area contributed by atoms with Gasteiger partial charge in [-0.05, 0) is 31.2 Å². The van der Waals surface area contributed by atoms with Gasteiger partial charge >= 0.3 is 6.03 Å². The van der Waals surface area contributed by atoms with Gasteiger partial charge in [-0.15, -0.1) is 11.8 Å². The summed E-state index contributed by atoms with van der Waals surface area (Å²) in [6, 6.07) is 6.78. The Hall–Kier alpha value is -1.69. The molecule has 1 heterocycles. The van der Waals surface area contributed by atoms with Crippen LogP contribution in [-0.2, 0) is 4.79 Å². The molecular weight excluding hydrogens is 262 g/mol. The Morgan fingerprint density at radius 2 is 2.21 bits per heavy atom. The molecule has 19 heavy (non-hydrogen) atoms. The summed E-state index contributed by atoms with van der Waals surface area (Å²) in [5, 5.41) is 8.21. The van der Waals surface area contributed by atoms with Gasteiger partial charge in [0.2, 0.25) is 5.91 Å². The zero-order valence-corrected chi connectivity index (χ0v) is 11.5. The first-order valence-corrected chi connectivity index (χ1v) is 7.41. The summed E-state index contributed by atoms with van der Waals surface area (Å²) in [7, 11) is 0. The molecule has 3 N–H and O–H groups in total. The number of nitrogens with one attached hydrogen (secondary N) is 3. The first kappa shape index (κ1) is 13.7. The fraction of sp³-hybridized carbons (Fsp3) is 0.385. The second-order valence-corrected chi connectivity index (χ2v) is 5.13. The van der Waals surface area contributed by atoms with E-state index in [9.17, 15) is 9.59 Å². The first-order chi connectivity index (χ1) is 9.20.